The third kappa shape index (κ3) is 4.08. The minimum Gasteiger partial charge on any atom is -0.508 e. The summed E-state index contributed by atoms with van der Waals surface area (Å²) in [6.07, 6.45) is 0.772. The molecule has 0 aliphatic rings. The van der Waals surface area contributed by atoms with Gasteiger partial charge < -0.3 is 15.6 Å². The summed E-state index contributed by atoms with van der Waals surface area (Å²) in [6.45, 7) is 2.30. The predicted octanol–water partition coefficient (Wildman–Crippen LogP) is 1.77. The lowest BCUT2D eigenvalue weighted by Crippen LogP contribution is -2.23. The van der Waals surface area contributed by atoms with Crippen LogP contribution in [-0.2, 0) is 9.53 Å². The molecule has 0 aliphatic heterocycles. The first-order valence-corrected chi connectivity index (χ1v) is 4.86. The van der Waals surface area contributed by atoms with Gasteiger partial charge in [-0.2, -0.15) is 0 Å². The topological polar surface area (TPSA) is 72.5 Å². The van der Waals surface area contributed by atoms with Crippen molar-refractivity contribution in [1.29, 1.82) is 0 Å². The molecule has 0 bridgehead atoms. The average molecular weight is 246 g/mol. The summed E-state index contributed by atoms with van der Waals surface area (Å²) < 4.78 is 4.91. The van der Waals surface area contributed by atoms with Crippen molar-refractivity contribution in [3.05, 3.63) is 29.8 Å². The molecule has 3 N–H and O–H groups in total. The van der Waals surface area contributed by atoms with Gasteiger partial charge in [0.25, 0.3) is 0 Å². The highest BCUT2D eigenvalue weighted by molar-refractivity contribution is 5.85. The zero-order valence-corrected chi connectivity index (χ0v) is 9.87. The lowest BCUT2D eigenvalue weighted by molar-refractivity contribution is -0.145. The Kier molecular flexibility index (Phi) is 6.53. The number of halogens is 1. The minimum absolute atomic E-state index is 0. The molecular formula is C11H16ClNO3. The van der Waals surface area contributed by atoms with Gasteiger partial charge in [-0.25, -0.2) is 4.79 Å². The van der Waals surface area contributed by atoms with Gasteiger partial charge in [0.1, 0.15) is 11.8 Å². The van der Waals surface area contributed by atoms with E-state index in [0.29, 0.717) is 12.2 Å². The van der Waals surface area contributed by atoms with Gasteiger partial charge in [-0.15, -0.1) is 12.4 Å². The third-order valence-electron chi connectivity index (χ3n) is 1.95. The minimum atomic E-state index is -0.780. The van der Waals surface area contributed by atoms with Crippen LogP contribution in [0.25, 0.3) is 0 Å². The molecule has 0 amide bonds. The van der Waals surface area contributed by atoms with Gasteiger partial charge in [-0.1, -0.05) is 19.1 Å². The second-order valence-electron chi connectivity index (χ2n) is 3.24. The molecule has 1 aromatic rings. The number of phenols is 1. The third-order valence-corrected chi connectivity index (χ3v) is 1.95. The van der Waals surface area contributed by atoms with Crippen molar-refractivity contribution in [1.82, 2.24) is 0 Å². The van der Waals surface area contributed by atoms with Gasteiger partial charge >= 0.3 is 5.97 Å². The number of hydrogen-bond donors (Lipinski definition) is 2. The van der Waals surface area contributed by atoms with E-state index in [9.17, 15) is 4.79 Å². The van der Waals surface area contributed by atoms with E-state index in [1.807, 2.05) is 6.92 Å². The summed E-state index contributed by atoms with van der Waals surface area (Å²) in [5.41, 5.74) is 6.31. The van der Waals surface area contributed by atoms with Crippen LogP contribution >= 0.6 is 12.4 Å². The molecule has 16 heavy (non-hydrogen) atoms. The highest BCUT2D eigenvalue weighted by Crippen LogP contribution is 2.16. The number of phenolic OH excluding ortho intramolecular Hbond substituents is 1. The smallest absolute Gasteiger partial charge is 0.327 e. The molecule has 1 aromatic carbocycles. The van der Waals surface area contributed by atoms with Crippen molar-refractivity contribution in [2.75, 3.05) is 6.61 Å². The van der Waals surface area contributed by atoms with Crippen molar-refractivity contribution in [3.8, 4) is 5.75 Å². The molecule has 4 nitrogen and oxygen atoms in total. The maximum atomic E-state index is 11.4. The molecule has 0 saturated heterocycles. The molecule has 90 valence electrons. The Labute approximate surface area is 101 Å². The zero-order chi connectivity index (χ0) is 11.3. The first-order valence-electron chi connectivity index (χ1n) is 4.86. The van der Waals surface area contributed by atoms with Gasteiger partial charge in [0.15, 0.2) is 0 Å². The number of carbonyl (C=O) groups excluding carboxylic acids is 1. The first kappa shape index (κ1) is 14.7. The fourth-order valence-corrected chi connectivity index (χ4v) is 1.11. The molecule has 1 rings (SSSR count). The van der Waals surface area contributed by atoms with Crippen LogP contribution in [0.1, 0.15) is 24.9 Å². The lowest BCUT2D eigenvalue weighted by atomic mass is 10.1. The van der Waals surface area contributed by atoms with E-state index in [2.05, 4.69) is 0 Å². The van der Waals surface area contributed by atoms with Crippen molar-refractivity contribution < 1.29 is 14.6 Å². The van der Waals surface area contributed by atoms with E-state index in [4.69, 9.17) is 15.6 Å². The summed E-state index contributed by atoms with van der Waals surface area (Å²) in [4.78, 5) is 11.4. The van der Waals surface area contributed by atoms with Gasteiger partial charge in [0.05, 0.1) is 6.61 Å². The van der Waals surface area contributed by atoms with Crippen molar-refractivity contribution in [3.63, 3.8) is 0 Å². The SMILES string of the molecule is CCCOC(=O)[C@@H](N)c1ccc(O)cc1.Cl. The predicted molar refractivity (Wildman–Crippen MR) is 63.5 cm³/mol. The van der Waals surface area contributed by atoms with Crippen LogP contribution < -0.4 is 5.73 Å². The Bertz CT molecular complexity index is 327. The molecule has 0 saturated carbocycles. The Morgan fingerprint density at radius 2 is 2.00 bits per heavy atom. The van der Waals surface area contributed by atoms with Crippen LogP contribution in [-0.4, -0.2) is 17.7 Å². The van der Waals surface area contributed by atoms with Gasteiger partial charge in [-0.3, -0.25) is 0 Å². The molecule has 1 atom stereocenters. The molecule has 0 unspecified atom stereocenters. The van der Waals surface area contributed by atoms with Crippen LogP contribution in [0.2, 0.25) is 0 Å². The van der Waals surface area contributed by atoms with Crippen LogP contribution in [0, 0.1) is 0 Å². The standard InChI is InChI=1S/C11H15NO3.ClH/c1-2-7-15-11(14)10(12)8-3-5-9(13)6-4-8;/h3-6,10,13H,2,7,12H2,1H3;1H/t10-;/m0./s1. The number of carbonyl (C=O) groups is 1. The van der Waals surface area contributed by atoms with Gasteiger partial charge in [-0.05, 0) is 24.1 Å². The maximum Gasteiger partial charge on any atom is 0.327 e. The molecule has 0 fully saturated rings. The molecule has 0 heterocycles. The second-order valence-corrected chi connectivity index (χ2v) is 3.24. The zero-order valence-electron chi connectivity index (χ0n) is 9.05. The van der Waals surface area contributed by atoms with E-state index in [0.717, 1.165) is 6.42 Å². The number of esters is 1. The summed E-state index contributed by atoms with van der Waals surface area (Å²) in [5, 5.41) is 9.06. The molecule has 0 aliphatic carbocycles. The highest BCUT2D eigenvalue weighted by Gasteiger charge is 2.16. The fraction of sp³-hybridized carbons (Fsp3) is 0.364. The Morgan fingerprint density at radius 3 is 2.50 bits per heavy atom. The quantitative estimate of drug-likeness (QED) is 0.793. The number of aromatic hydroxyl groups is 1. The second kappa shape index (κ2) is 7.09. The summed E-state index contributed by atoms with van der Waals surface area (Å²) in [5.74, 6) is -0.296. The van der Waals surface area contributed by atoms with E-state index in [1.165, 1.54) is 12.1 Å². The lowest BCUT2D eigenvalue weighted by Gasteiger charge is -2.11. The van der Waals surface area contributed by atoms with Crippen LogP contribution in [0.3, 0.4) is 0 Å². The van der Waals surface area contributed by atoms with E-state index in [-0.39, 0.29) is 18.2 Å². The molecule has 0 radical (unpaired) electrons. The normalized spacial score (nSPS) is 11.4. The molecule has 0 aromatic heterocycles. The van der Waals surface area contributed by atoms with E-state index < -0.39 is 12.0 Å². The number of hydrogen-bond acceptors (Lipinski definition) is 4. The first-order chi connectivity index (χ1) is 7.15. The average Bonchev–Trinajstić information content (AvgIpc) is 2.26. The molecule has 5 heteroatoms. The Hall–Kier alpha value is -1.26. The number of ether oxygens (including phenoxy) is 1. The Balaban J connectivity index is 0.00000225. The van der Waals surface area contributed by atoms with Crippen LogP contribution in [0.4, 0.5) is 0 Å². The van der Waals surface area contributed by atoms with Gasteiger partial charge in [0.2, 0.25) is 0 Å². The van der Waals surface area contributed by atoms with Gasteiger partial charge in [0, 0.05) is 0 Å². The molecule has 0 spiro atoms. The van der Waals surface area contributed by atoms with Crippen LogP contribution in [0.15, 0.2) is 24.3 Å². The number of rotatable bonds is 4. The maximum absolute atomic E-state index is 11.4. The number of benzene rings is 1. The van der Waals surface area contributed by atoms with Crippen molar-refractivity contribution >= 4 is 18.4 Å². The fourth-order valence-electron chi connectivity index (χ4n) is 1.11. The van der Waals surface area contributed by atoms with Crippen molar-refractivity contribution in [2.45, 2.75) is 19.4 Å². The Morgan fingerprint density at radius 1 is 1.44 bits per heavy atom. The summed E-state index contributed by atoms with van der Waals surface area (Å²) in [6, 6.07) is 5.41. The highest BCUT2D eigenvalue weighted by atomic mass is 35.5. The van der Waals surface area contributed by atoms with E-state index in [1.54, 1.807) is 12.1 Å². The molecular weight excluding hydrogens is 230 g/mol. The monoisotopic (exact) mass is 245 g/mol. The summed E-state index contributed by atoms with van der Waals surface area (Å²) in [7, 11) is 0. The summed E-state index contributed by atoms with van der Waals surface area (Å²) >= 11 is 0. The number of nitrogens with two attached hydrogens (primary N) is 1. The van der Waals surface area contributed by atoms with Crippen molar-refractivity contribution in [2.24, 2.45) is 5.73 Å². The van der Waals surface area contributed by atoms with E-state index >= 15 is 0 Å². The largest absolute Gasteiger partial charge is 0.508 e. The van der Waals surface area contributed by atoms with Crippen LogP contribution in [0.5, 0.6) is 5.75 Å².